The molecule has 1 amide bonds. The van der Waals surface area contributed by atoms with Crippen molar-refractivity contribution >= 4 is 23.0 Å². The summed E-state index contributed by atoms with van der Waals surface area (Å²) < 4.78 is 0. The molecule has 4 nitrogen and oxygen atoms in total. The molecule has 27 heavy (non-hydrogen) atoms. The number of fused-ring (bicyclic) bond motifs is 1. The van der Waals surface area contributed by atoms with Gasteiger partial charge in [-0.15, -0.1) is 0 Å². The molecule has 0 bridgehead atoms. The Balaban J connectivity index is 1.67. The van der Waals surface area contributed by atoms with Crippen molar-refractivity contribution in [3.63, 3.8) is 0 Å². The van der Waals surface area contributed by atoms with Gasteiger partial charge in [0.1, 0.15) is 5.71 Å². The minimum absolute atomic E-state index is 0.00709. The number of anilines is 1. The summed E-state index contributed by atoms with van der Waals surface area (Å²) in [5.41, 5.74) is 5.73. The highest BCUT2D eigenvalue weighted by atomic mass is 16.2. The predicted molar refractivity (Wildman–Crippen MR) is 111 cm³/mol. The summed E-state index contributed by atoms with van der Waals surface area (Å²) in [6.45, 7) is 9.21. The summed E-state index contributed by atoms with van der Waals surface area (Å²) >= 11 is 0. The van der Waals surface area contributed by atoms with Crippen LogP contribution < -0.4 is 4.90 Å². The minimum atomic E-state index is 0.00709. The van der Waals surface area contributed by atoms with Gasteiger partial charge in [-0.1, -0.05) is 31.2 Å². The lowest BCUT2D eigenvalue weighted by Crippen LogP contribution is -2.45. The third-order valence-corrected chi connectivity index (χ3v) is 5.71. The molecular weight excluding hydrogens is 334 g/mol. The number of carbonyl (C=O) groups excluding carboxylic acids is 1. The number of hydrogen-bond acceptors (Lipinski definition) is 3. The summed E-state index contributed by atoms with van der Waals surface area (Å²) in [6, 6.07) is 14.1. The number of nitrogens with zero attached hydrogens (tertiary/aromatic N) is 3. The van der Waals surface area contributed by atoms with Crippen LogP contribution in [-0.4, -0.2) is 36.3 Å². The van der Waals surface area contributed by atoms with Crippen LogP contribution in [0.2, 0.25) is 0 Å². The second kappa shape index (κ2) is 7.28. The zero-order chi connectivity index (χ0) is 19.0. The van der Waals surface area contributed by atoms with E-state index in [0.29, 0.717) is 18.3 Å². The molecule has 2 heterocycles. The van der Waals surface area contributed by atoms with Gasteiger partial charge < -0.3 is 0 Å². The van der Waals surface area contributed by atoms with E-state index in [2.05, 4.69) is 31.7 Å². The van der Waals surface area contributed by atoms with Gasteiger partial charge in [0.2, 0.25) is 0 Å². The number of amides is 1. The number of piperidine rings is 1. The molecule has 140 valence electrons. The van der Waals surface area contributed by atoms with E-state index in [-0.39, 0.29) is 5.91 Å². The Morgan fingerprint density at radius 2 is 1.93 bits per heavy atom. The van der Waals surface area contributed by atoms with E-state index in [1.807, 2.05) is 41.3 Å². The van der Waals surface area contributed by atoms with Crippen LogP contribution in [0.4, 0.5) is 11.4 Å². The molecule has 0 aromatic heterocycles. The second-order valence-corrected chi connectivity index (χ2v) is 7.95. The number of hydrogen-bond donors (Lipinski definition) is 0. The Labute approximate surface area is 161 Å². The summed E-state index contributed by atoms with van der Waals surface area (Å²) in [4.78, 5) is 22.3. The van der Waals surface area contributed by atoms with Crippen LogP contribution in [0.25, 0.3) is 0 Å². The molecule has 0 aliphatic carbocycles. The average molecular weight is 361 g/mol. The minimum Gasteiger partial charge on any atom is -0.293 e. The monoisotopic (exact) mass is 361 g/mol. The number of aliphatic imine (C=N–C) groups is 1. The summed E-state index contributed by atoms with van der Waals surface area (Å²) in [5, 5.41) is 0. The van der Waals surface area contributed by atoms with Crippen molar-refractivity contribution in [1.29, 1.82) is 0 Å². The van der Waals surface area contributed by atoms with Gasteiger partial charge in [0.05, 0.1) is 18.0 Å². The van der Waals surface area contributed by atoms with Crippen molar-refractivity contribution in [3.05, 3.63) is 59.2 Å². The van der Waals surface area contributed by atoms with Gasteiger partial charge in [-0.05, 0) is 68.5 Å². The van der Waals surface area contributed by atoms with Crippen LogP contribution in [0, 0.1) is 19.8 Å². The van der Waals surface area contributed by atoms with Gasteiger partial charge >= 0.3 is 0 Å². The molecule has 1 fully saturated rings. The van der Waals surface area contributed by atoms with E-state index in [1.54, 1.807) is 0 Å². The number of likely N-dealkylation sites (tertiary alicyclic amines) is 1. The molecule has 4 rings (SSSR count). The van der Waals surface area contributed by atoms with Gasteiger partial charge in [0, 0.05) is 12.1 Å². The van der Waals surface area contributed by atoms with E-state index in [9.17, 15) is 4.79 Å². The standard InChI is InChI=1S/C23H27N3O/c1-16-7-6-12-25(14-16)15-26-21-9-5-4-8-20(21)22(23(26)27)24-19-11-10-17(2)18(3)13-19/h4-5,8-11,13,16H,6-7,12,14-15H2,1-3H3. The highest BCUT2D eigenvalue weighted by Crippen LogP contribution is 2.32. The Morgan fingerprint density at radius 1 is 1.11 bits per heavy atom. The van der Waals surface area contributed by atoms with Crippen LogP contribution in [-0.2, 0) is 4.79 Å². The lowest BCUT2D eigenvalue weighted by atomic mass is 10.0. The van der Waals surface area contributed by atoms with Crippen LogP contribution >= 0.6 is 0 Å². The first-order valence-corrected chi connectivity index (χ1v) is 9.82. The van der Waals surface area contributed by atoms with E-state index in [0.717, 1.165) is 30.0 Å². The van der Waals surface area contributed by atoms with Crippen LogP contribution in [0.3, 0.4) is 0 Å². The van der Waals surface area contributed by atoms with E-state index in [1.165, 1.54) is 24.0 Å². The lowest BCUT2D eigenvalue weighted by Gasteiger charge is -2.33. The molecule has 0 saturated carbocycles. The Kier molecular flexibility index (Phi) is 4.83. The Hall–Kier alpha value is -2.46. The second-order valence-electron chi connectivity index (χ2n) is 7.95. The maximum absolute atomic E-state index is 13.2. The molecule has 1 unspecified atom stereocenters. The quantitative estimate of drug-likeness (QED) is 0.809. The van der Waals surface area contributed by atoms with Gasteiger partial charge in [0.15, 0.2) is 0 Å². The van der Waals surface area contributed by atoms with E-state index in [4.69, 9.17) is 4.99 Å². The van der Waals surface area contributed by atoms with Crippen molar-refractivity contribution in [3.8, 4) is 0 Å². The van der Waals surface area contributed by atoms with Crippen molar-refractivity contribution in [1.82, 2.24) is 4.90 Å². The molecule has 2 aliphatic heterocycles. The summed E-state index contributed by atoms with van der Waals surface area (Å²) in [6.07, 6.45) is 2.48. The Bertz CT molecular complexity index is 902. The largest absolute Gasteiger partial charge is 0.293 e. The molecule has 0 spiro atoms. The fourth-order valence-corrected chi connectivity index (χ4v) is 4.05. The summed E-state index contributed by atoms with van der Waals surface area (Å²) in [7, 11) is 0. The molecule has 4 heteroatoms. The van der Waals surface area contributed by atoms with Crippen molar-refractivity contribution in [2.24, 2.45) is 10.9 Å². The number of aryl methyl sites for hydroxylation is 2. The molecule has 2 aromatic carbocycles. The van der Waals surface area contributed by atoms with E-state index >= 15 is 0 Å². The van der Waals surface area contributed by atoms with Crippen molar-refractivity contribution in [2.75, 3.05) is 24.7 Å². The van der Waals surface area contributed by atoms with Gasteiger partial charge in [-0.3, -0.25) is 14.6 Å². The molecule has 2 aromatic rings. The fraction of sp³-hybridized carbons (Fsp3) is 0.391. The molecule has 1 atom stereocenters. The number of benzene rings is 2. The van der Waals surface area contributed by atoms with E-state index < -0.39 is 0 Å². The first kappa shape index (κ1) is 17.9. The van der Waals surface area contributed by atoms with Crippen molar-refractivity contribution in [2.45, 2.75) is 33.6 Å². The zero-order valence-electron chi connectivity index (χ0n) is 16.4. The predicted octanol–water partition coefficient (Wildman–Crippen LogP) is 4.46. The normalized spacial score (nSPS) is 21.7. The first-order chi connectivity index (χ1) is 13.0. The highest BCUT2D eigenvalue weighted by molar-refractivity contribution is 6.54. The van der Waals surface area contributed by atoms with Crippen molar-refractivity contribution < 1.29 is 4.79 Å². The van der Waals surface area contributed by atoms with Crippen LogP contribution in [0.5, 0.6) is 0 Å². The van der Waals surface area contributed by atoms with Gasteiger partial charge in [-0.2, -0.15) is 0 Å². The van der Waals surface area contributed by atoms with Gasteiger partial charge in [0.25, 0.3) is 5.91 Å². The van der Waals surface area contributed by atoms with Crippen LogP contribution in [0.15, 0.2) is 47.5 Å². The number of rotatable bonds is 3. The lowest BCUT2D eigenvalue weighted by molar-refractivity contribution is -0.112. The maximum atomic E-state index is 13.2. The molecule has 1 saturated heterocycles. The third-order valence-electron chi connectivity index (χ3n) is 5.71. The number of carbonyl (C=O) groups is 1. The number of para-hydroxylation sites is 1. The smallest absolute Gasteiger partial charge is 0.278 e. The zero-order valence-corrected chi connectivity index (χ0v) is 16.4. The van der Waals surface area contributed by atoms with Crippen LogP contribution in [0.1, 0.15) is 36.5 Å². The molecule has 0 radical (unpaired) electrons. The highest BCUT2D eigenvalue weighted by Gasteiger charge is 2.35. The Morgan fingerprint density at radius 3 is 2.70 bits per heavy atom. The SMILES string of the molecule is Cc1ccc(N=C2C(=O)N(CN3CCCC(C)C3)c3ccccc32)cc1C. The summed E-state index contributed by atoms with van der Waals surface area (Å²) in [5.74, 6) is 0.697. The molecule has 0 N–H and O–H groups in total. The molecule has 2 aliphatic rings. The fourth-order valence-electron chi connectivity index (χ4n) is 4.05. The molecular formula is C23H27N3O. The maximum Gasteiger partial charge on any atom is 0.278 e. The average Bonchev–Trinajstić information content (AvgIpc) is 2.91. The first-order valence-electron chi connectivity index (χ1n) is 9.82. The van der Waals surface area contributed by atoms with Gasteiger partial charge in [-0.25, -0.2) is 4.99 Å². The third kappa shape index (κ3) is 3.54. The topological polar surface area (TPSA) is 35.9 Å².